The fraction of sp³-hybridized carbons (Fsp3) is 0.538. The van der Waals surface area contributed by atoms with Gasteiger partial charge in [-0.05, 0) is 30.5 Å². The van der Waals surface area contributed by atoms with Gasteiger partial charge in [-0.3, -0.25) is 0 Å². The minimum atomic E-state index is -0.436. The zero-order valence-corrected chi connectivity index (χ0v) is 11.7. The molecule has 0 bridgehead atoms. The monoisotopic (exact) mass is 276 g/mol. The normalized spacial score (nSPS) is 14.6. The van der Waals surface area contributed by atoms with E-state index in [0.29, 0.717) is 17.4 Å². The van der Waals surface area contributed by atoms with E-state index in [1.807, 2.05) is 0 Å². The Balaban J connectivity index is 2.44. The number of aliphatic hydroxyl groups excluding tert-OH is 1. The van der Waals surface area contributed by atoms with E-state index in [9.17, 15) is 9.50 Å². The van der Waals surface area contributed by atoms with Gasteiger partial charge in [-0.2, -0.15) is 11.8 Å². The molecule has 0 amide bonds. The minimum absolute atomic E-state index is 0.122. The number of thioether (sulfide) groups is 1. The van der Waals surface area contributed by atoms with Crippen molar-refractivity contribution >= 4 is 23.4 Å². The fourth-order valence-electron chi connectivity index (χ4n) is 1.39. The van der Waals surface area contributed by atoms with Gasteiger partial charge >= 0.3 is 0 Å². The van der Waals surface area contributed by atoms with Crippen LogP contribution in [-0.2, 0) is 6.42 Å². The van der Waals surface area contributed by atoms with Crippen molar-refractivity contribution in [2.75, 3.05) is 5.75 Å². The van der Waals surface area contributed by atoms with Gasteiger partial charge < -0.3 is 5.11 Å². The molecule has 0 spiro atoms. The molecule has 1 N–H and O–H groups in total. The van der Waals surface area contributed by atoms with Crippen LogP contribution in [0.2, 0.25) is 5.02 Å². The van der Waals surface area contributed by atoms with E-state index >= 15 is 0 Å². The quantitative estimate of drug-likeness (QED) is 0.850. The van der Waals surface area contributed by atoms with Gasteiger partial charge in [0.2, 0.25) is 0 Å². The lowest BCUT2D eigenvalue weighted by molar-refractivity contribution is 0.200. The van der Waals surface area contributed by atoms with Gasteiger partial charge in [0.1, 0.15) is 5.82 Å². The summed E-state index contributed by atoms with van der Waals surface area (Å²) in [6.45, 7) is 4.26. The summed E-state index contributed by atoms with van der Waals surface area (Å²) in [4.78, 5) is 0. The molecule has 0 aliphatic heterocycles. The summed E-state index contributed by atoms with van der Waals surface area (Å²) in [5, 5.41) is 10.5. The second-order valence-corrected chi connectivity index (χ2v) is 6.04. The molecule has 0 heterocycles. The predicted molar refractivity (Wildman–Crippen MR) is 73.3 cm³/mol. The zero-order chi connectivity index (χ0) is 12.8. The lowest BCUT2D eigenvalue weighted by Crippen LogP contribution is -2.15. The maximum Gasteiger partial charge on any atom is 0.142 e. The van der Waals surface area contributed by atoms with Crippen LogP contribution >= 0.6 is 23.4 Å². The van der Waals surface area contributed by atoms with Crippen LogP contribution in [0.25, 0.3) is 0 Å². The van der Waals surface area contributed by atoms with Crippen LogP contribution in [0.15, 0.2) is 18.2 Å². The molecule has 1 nitrogen and oxygen atoms in total. The standard InChI is InChI=1S/C13H18ClFOS/c1-3-9(2)17-8-11(16)6-10-4-5-12(14)13(15)7-10/h4-5,7,9,11,16H,3,6,8H2,1-2H3. The van der Waals surface area contributed by atoms with Crippen molar-refractivity contribution < 1.29 is 9.50 Å². The molecule has 1 aromatic carbocycles. The zero-order valence-electron chi connectivity index (χ0n) is 10.1. The number of hydrogen-bond acceptors (Lipinski definition) is 2. The van der Waals surface area contributed by atoms with Crippen molar-refractivity contribution in [3.8, 4) is 0 Å². The lowest BCUT2D eigenvalue weighted by atomic mass is 10.1. The van der Waals surface area contributed by atoms with E-state index in [1.54, 1.807) is 17.8 Å². The average molecular weight is 277 g/mol. The van der Waals surface area contributed by atoms with Crippen LogP contribution in [0.1, 0.15) is 25.8 Å². The molecular weight excluding hydrogens is 259 g/mol. The Morgan fingerprint density at radius 3 is 2.76 bits per heavy atom. The molecule has 96 valence electrons. The van der Waals surface area contributed by atoms with Gasteiger partial charge in [0.05, 0.1) is 11.1 Å². The predicted octanol–water partition coefficient (Wildman–Crippen LogP) is 3.91. The summed E-state index contributed by atoms with van der Waals surface area (Å²) in [5.74, 6) is 0.255. The molecular formula is C13H18ClFOS. The van der Waals surface area contributed by atoms with Crippen LogP contribution in [0.5, 0.6) is 0 Å². The summed E-state index contributed by atoms with van der Waals surface area (Å²) in [6.07, 6.45) is 1.12. The van der Waals surface area contributed by atoms with Crippen LogP contribution in [0.3, 0.4) is 0 Å². The summed E-state index contributed by atoms with van der Waals surface area (Å²) in [7, 11) is 0. The number of aliphatic hydroxyl groups is 1. The van der Waals surface area contributed by atoms with Crippen LogP contribution in [-0.4, -0.2) is 22.2 Å². The number of halogens is 2. The van der Waals surface area contributed by atoms with E-state index in [4.69, 9.17) is 11.6 Å². The third-order valence-corrected chi connectivity index (χ3v) is 4.39. The van der Waals surface area contributed by atoms with Crippen molar-refractivity contribution in [1.29, 1.82) is 0 Å². The molecule has 0 aliphatic carbocycles. The van der Waals surface area contributed by atoms with Gasteiger partial charge in [0.15, 0.2) is 0 Å². The van der Waals surface area contributed by atoms with Crippen molar-refractivity contribution in [3.63, 3.8) is 0 Å². The van der Waals surface area contributed by atoms with E-state index in [0.717, 1.165) is 12.0 Å². The molecule has 1 aromatic rings. The van der Waals surface area contributed by atoms with Gasteiger partial charge in [-0.15, -0.1) is 0 Å². The van der Waals surface area contributed by atoms with Gasteiger partial charge in [-0.25, -0.2) is 4.39 Å². The van der Waals surface area contributed by atoms with Crippen LogP contribution < -0.4 is 0 Å². The molecule has 1 rings (SSSR count). The first-order valence-corrected chi connectivity index (χ1v) is 7.19. The molecule has 0 saturated heterocycles. The maximum atomic E-state index is 13.2. The third-order valence-electron chi connectivity index (χ3n) is 2.60. The Bertz CT molecular complexity index is 359. The Morgan fingerprint density at radius 2 is 2.18 bits per heavy atom. The molecule has 0 fully saturated rings. The molecule has 4 heteroatoms. The SMILES string of the molecule is CCC(C)SCC(O)Cc1ccc(Cl)c(F)c1. The van der Waals surface area contributed by atoms with Gasteiger partial charge in [0, 0.05) is 11.0 Å². The van der Waals surface area contributed by atoms with E-state index in [2.05, 4.69) is 13.8 Å². The molecule has 0 aromatic heterocycles. The van der Waals surface area contributed by atoms with Crippen LogP contribution in [0.4, 0.5) is 4.39 Å². The largest absolute Gasteiger partial charge is 0.392 e. The number of hydrogen-bond donors (Lipinski definition) is 1. The fourth-order valence-corrected chi connectivity index (χ4v) is 2.41. The first kappa shape index (κ1) is 14.8. The summed E-state index contributed by atoms with van der Waals surface area (Å²) >= 11 is 7.34. The third kappa shape index (κ3) is 5.28. The molecule has 0 saturated carbocycles. The molecule has 0 radical (unpaired) electrons. The van der Waals surface area contributed by atoms with Crippen molar-refractivity contribution in [2.24, 2.45) is 0 Å². The highest BCUT2D eigenvalue weighted by Gasteiger charge is 2.09. The average Bonchev–Trinajstić information content (AvgIpc) is 2.31. The van der Waals surface area contributed by atoms with Crippen molar-refractivity contribution in [1.82, 2.24) is 0 Å². The van der Waals surface area contributed by atoms with E-state index < -0.39 is 11.9 Å². The van der Waals surface area contributed by atoms with Crippen LogP contribution in [0, 0.1) is 5.82 Å². The summed E-state index contributed by atoms with van der Waals surface area (Å²) in [6, 6.07) is 4.67. The Kier molecular flexibility index (Phi) is 6.31. The Labute approximate surface area is 111 Å². The second-order valence-electron chi connectivity index (χ2n) is 4.16. The van der Waals surface area contributed by atoms with Crippen molar-refractivity contribution in [3.05, 3.63) is 34.6 Å². The molecule has 0 aliphatic rings. The van der Waals surface area contributed by atoms with Gasteiger partial charge in [-0.1, -0.05) is 31.5 Å². The minimum Gasteiger partial charge on any atom is -0.392 e. The highest BCUT2D eigenvalue weighted by Crippen LogP contribution is 2.19. The number of benzene rings is 1. The lowest BCUT2D eigenvalue weighted by Gasteiger charge is -2.13. The summed E-state index contributed by atoms with van der Waals surface area (Å²) in [5.41, 5.74) is 0.782. The maximum absolute atomic E-state index is 13.2. The molecule has 2 unspecified atom stereocenters. The van der Waals surface area contributed by atoms with Crippen molar-refractivity contribution in [2.45, 2.75) is 38.0 Å². The Morgan fingerprint density at radius 1 is 1.47 bits per heavy atom. The first-order valence-electron chi connectivity index (χ1n) is 5.76. The Hall–Kier alpha value is -0.250. The van der Waals surface area contributed by atoms with E-state index in [1.165, 1.54) is 12.1 Å². The number of rotatable bonds is 6. The highest BCUT2D eigenvalue weighted by molar-refractivity contribution is 7.99. The smallest absolute Gasteiger partial charge is 0.142 e. The first-order chi connectivity index (χ1) is 8.02. The van der Waals surface area contributed by atoms with E-state index in [-0.39, 0.29) is 5.02 Å². The molecule has 17 heavy (non-hydrogen) atoms. The second kappa shape index (κ2) is 7.24. The summed E-state index contributed by atoms with van der Waals surface area (Å²) < 4.78 is 13.2. The highest BCUT2D eigenvalue weighted by atomic mass is 35.5. The van der Waals surface area contributed by atoms with Gasteiger partial charge in [0.25, 0.3) is 0 Å². The topological polar surface area (TPSA) is 20.2 Å². The molecule has 2 atom stereocenters.